The molecule has 2 nitrogen and oxygen atoms in total. The van der Waals surface area contributed by atoms with Gasteiger partial charge in [0.1, 0.15) is 0 Å². The van der Waals surface area contributed by atoms with Crippen LogP contribution in [0.1, 0.15) is 0 Å². The first-order chi connectivity index (χ1) is 2.27. The largest absolute Gasteiger partial charge is 0.360 e. The van der Waals surface area contributed by atoms with Crippen LogP contribution in [0, 0.1) is 0 Å². The number of rotatable bonds is 1. The van der Waals surface area contributed by atoms with Gasteiger partial charge < -0.3 is 0 Å². The first-order valence-electron chi connectivity index (χ1n) is 0.908. The van der Waals surface area contributed by atoms with Gasteiger partial charge >= 0.3 is 6.61 Å². The third-order valence-corrected chi connectivity index (χ3v) is 0.103. The highest BCUT2D eigenvalue weighted by molar-refractivity contribution is 3.90. The number of hydrogen-bond acceptors (Lipinski definition) is 2. The van der Waals surface area contributed by atoms with Gasteiger partial charge in [-0.05, 0) is 0 Å². The average molecular weight is 83.0 g/mol. The van der Waals surface area contributed by atoms with E-state index in [1.807, 2.05) is 0 Å². The predicted octanol–water partition coefficient (Wildman–Crippen LogP) is 0.0993. The Kier molecular flexibility index (Phi) is 1.95. The van der Waals surface area contributed by atoms with Crippen molar-refractivity contribution >= 4 is 0 Å². The molecule has 5 heavy (non-hydrogen) atoms. The summed E-state index contributed by atoms with van der Waals surface area (Å²) < 4.78 is 20.8. The van der Waals surface area contributed by atoms with E-state index in [0.717, 1.165) is 0 Å². The molecule has 0 radical (unpaired) electrons. The van der Waals surface area contributed by atoms with E-state index in [1.54, 1.807) is 0 Å². The van der Waals surface area contributed by atoms with E-state index >= 15 is 0 Å². The van der Waals surface area contributed by atoms with E-state index in [1.165, 1.54) is 0 Å². The first-order valence-corrected chi connectivity index (χ1v) is 0.908. The van der Waals surface area contributed by atoms with Crippen LogP contribution in [0.25, 0.3) is 0 Å². The van der Waals surface area contributed by atoms with E-state index in [9.17, 15) is 8.78 Å². The highest BCUT2D eigenvalue weighted by Gasteiger charge is 1.91. The van der Waals surface area contributed by atoms with Crippen molar-refractivity contribution in [3.05, 3.63) is 0 Å². The summed E-state index contributed by atoms with van der Waals surface area (Å²) in [5.74, 6) is 3.92. The Morgan fingerprint density at radius 2 is 1.80 bits per heavy atom. The summed E-state index contributed by atoms with van der Waals surface area (Å²) in [6.45, 7) is -2.84. The maximum Gasteiger partial charge on any atom is 0.360 e. The normalized spacial score (nSPS) is 9.60. The lowest BCUT2D eigenvalue weighted by atomic mass is 11.5. The zero-order chi connectivity index (χ0) is 4.28. The fraction of sp³-hybridized carbons (Fsp3) is 1.00. The second kappa shape index (κ2) is 2.04. The molecule has 0 rings (SSSR count). The van der Waals surface area contributed by atoms with Crippen LogP contribution in [0.4, 0.5) is 8.78 Å². The molecule has 2 N–H and O–H groups in total. The van der Waals surface area contributed by atoms with Crippen molar-refractivity contribution in [2.45, 2.75) is 6.61 Å². The van der Waals surface area contributed by atoms with E-state index < -0.39 is 6.61 Å². The van der Waals surface area contributed by atoms with Crippen molar-refractivity contribution in [1.82, 2.24) is 0 Å². The second-order valence-corrected chi connectivity index (χ2v) is 0.397. The van der Waals surface area contributed by atoms with Gasteiger partial charge in [0.05, 0.1) is 0 Å². The molecule has 32 valence electrons. The molecule has 4 heteroatoms. The Bertz CT molecular complexity index is 23.6. The summed E-state index contributed by atoms with van der Waals surface area (Å²) in [5.41, 5.74) is 0. The number of halogens is 2. The van der Waals surface area contributed by atoms with Gasteiger partial charge in [-0.25, -0.2) is 10.7 Å². The fourth-order valence-corrected chi connectivity index (χ4v) is 0. The summed E-state index contributed by atoms with van der Waals surface area (Å²) in [7, 11) is 0. The lowest BCUT2D eigenvalue weighted by Crippen LogP contribution is -2.04. The molecule has 0 aliphatic heterocycles. The van der Waals surface area contributed by atoms with Gasteiger partial charge in [0, 0.05) is 0 Å². The lowest BCUT2D eigenvalue weighted by molar-refractivity contribution is -0.131. The molecule has 0 amide bonds. The predicted molar refractivity (Wildman–Crippen MR) is 11.3 cm³/mol. The van der Waals surface area contributed by atoms with Crippen LogP contribution in [-0.2, 0) is 4.84 Å². The van der Waals surface area contributed by atoms with Crippen LogP contribution in [0.2, 0.25) is 0 Å². The van der Waals surface area contributed by atoms with Gasteiger partial charge in [0.2, 0.25) is 0 Å². The van der Waals surface area contributed by atoms with E-state index in [0.29, 0.717) is 0 Å². The minimum Gasteiger partial charge on any atom is -0.238 e. The first kappa shape index (κ1) is 4.78. The molecule has 0 aromatic carbocycles. The van der Waals surface area contributed by atoms with Gasteiger partial charge in [-0.2, -0.15) is 8.78 Å². The van der Waals surface area contributed by atoms with Crippen LogP contribution in [-0.4, -0.2) is 6.61 Å². The van der Waals surface area contributed by atoms with Gasteiger partial charge in [-0.1, -0.05) is 0 Å². The van der Waals surface area contributed by atoms with Gasteiger partial charge in [-0.3, -0.25) is 0 Å². The van der Waals surface area contributed by atoms with Crippen molar-refractivity contribution in [3.8, 4) is 0 Å². The summed E-state index contributed by atoms with van der Waals surface area (Å²) in [6, 6.07) is 0. The van der Waals surface area contributed by atoms with Crippen molar-refractivity contribution < 1.29 is 13.6 Å². The number of nitrogens with two attached hydrogens (primary N) is 1. The molecule has 0 bridgehead atoms. The molecule has 0 spiro atoms. The maximum absolute atomic E-state index is 10.4. The third kappa shape index (κ3) is 3.78. The summed E-state index contributed by atoms with van der Waals surface area (Å²) in [6.07, 6.45) is 0. The topological polar surface area (TPSA) is 35.2 Å². The van der Waals surface area contributed by atoms with Crippen LogP contribution in [0.5, 0.6) is 0 Å². The van der Waals surface area contributed by atoms with Crippen LogP contribution in [0.3, 0.4) is 0 Å². The minimum atomic E-state index is -2.84. The summed E-state index contributed by atoms with van der Waals surface area (Å²) in [5, 5.41) is 0. The molecule has 0 aromatic rings. The summed E-state index contributed by atoms with van der Waals surface area (Å²) >= 11 is 0. The van der Waals surface area contributed by atoms with Crippen molar-refractivity contribution in [1.29, 1.82) is 0 Å². The fourth-order valence-electron chi connectivity index (χ4n) is 0. The molecule has 0 fully saturated rings. The maximum atomic E-state index is 10.4. The molecule has 0 aliphatic carbocycles. The Morgan fingerprint density at radius 3 is 1.80 bits per heavy atom. The molecule has 0 atom stereocenters. The SMILES string of the molecule is NOC(F)F. The summed E-state index contributed by atoms with van der Waals surface area (Å²) in [4.78, 5) is 2.92. The monoisotopic (exact) mass is 83.0 g/mol. The van der Waals surface area contributed by atoms with Crippen LogP contribution >= 0.6 is 0 Å². The van der Waals surface area contributed by atoms with Crippen molar-refractivity contribution in [3.63, 3.8) is 0 Å². The van der Waals surface area contributed by atoms with Crippen LogP contribution < -0.4 is 5.90 Å². The molecule has 0 heterocycles. The molecule has 0 aliphatic rings. The van der Waals surface area contributed by atoms with Crippen molar-refractivity contribution in [2.75, 3.05) is 0 Å². The minimum absolute atomic E-state index is 2.84. The lowest BCUT2D eigenvalue weighted by Gasteiger charge is -1.84. The molecule has 0 unspecified atom stereocenters. The molecular formula is CH3F2NO. The molecule has 0 saturated carbocycles. The zero-order valence-corrected chi connectivity index (χ0v) is 2.32. The number of hydrogen-bond donors (Lipinski definition) is 1. The highest BCUT2D eigenvalue weighted by atomic mass is 19.3. The molecule has 0 saturated heterocycles. The Hall–Kier alpha value is -0.220. The van der Waals surface area contributed by atoms with E-state index in [2.05, 4.69) is 10.7 Å². The van der Waals surface area contributed by atoms with Crippen LogP contribution in [0.15, 0.2) is 0 Å². The molecule has 0 aromatic heterocycles. The smallest absolute Gasteiger partial charge is 0.238 e. The Balaban J connectivity index is 2.54. The van der Waals surface area contributed by atoms with Gasteiger partial charge in [-0.15, -0.1) is 0 Å². The van der Waals surface area contributed by atoms with Gasteiger partial charge in [0.25, 0.3) is 0 Å². The third-order valence-electron chi connectivity index (χ3n) is 0.103. The van der Waals surface area contributed by atoms with Crippen molar-refractivity contribution in [2.24, 2.45) is 5.90 Å². The average Bonchev–Trinajstić information content (AvgIpc) is 1.38. The zero-order valence-electron chi connectivity index (χ0n) is 2.32. The van der Waals surface area contributed by atoms with E-state index in [4.69, 9.17) is 0 Å². The highest BCUT2D eigenvalue weighted by Crippen LogP contribution is 1.84. The standard InChI is InChI=1S/CH3F2NO/c2-1(3)5-4/h1H,4H2. The quantitative estimate of drug-likeness (QED) is 0.456. The van der Waals surface area contributed by atoms with E-state index in [-0.39, 0.29) is 0 Å². The Labute approximate surface area is 27.5 Å². The Morgan fingerprint density at radius 1 is 1.60 bits per heavy atom. The van der Waals surface area contributed by atoms with Gasteiger partial charge in [0.15, 0.2) is 0 Å². The second-order valence-electron chi connectivity index (χ2n) is 0.397. The molecular weight excluding hydrogens is 80.0 g/mol. The number of alkyl halides is 2.